The molecule has 0 saturated heterocycles. The number of hydrogen-bond donors (Lipinski definition) is 0. The Hall–Kier alpha value is 2.82. The molecule has 0 aromatic rings. The SMILES string of the molecule is [Ir].[Re].[Rh].[Zr]. The van der Waals surface area contributed by atoms with E-state index in [2.05, 4.69) is 0 Å². The summed E-state index contributed by atoms with van der Waals surface area (Å²) in [5, 5.41) is 0. The van der Waals surface area contributed by atoms with Crippen LogP contribution in [0.5, 0.6) is 0 Å². The summed E-state index contributed by atoms with van der Waals surface area (Å²) in [6.07, 6.45) is 0. The Morgan fingerprint density at radius 1 is 1.00 bits per heavy atom. The second-order valence-electron chi connectivity index (χ2n) is 0. The third-order valence-electron chi connectivity index (χ3n) is 0. The van der Waals surface area contributed by atoms with Gasteiger partial charge in [-0.3, -0.25) is 0 Å². The van der Waals surface area contributed by atoms with Crippen LogP contribution in [0, 0.1) is 0 Å². The van der Waals surface area contributed by atoms with Crippen LogP contribution in [-0.4, -0.2) is 0 Å². The zero-order chi connectivity index (χ0) is 0. The Morgan fingerprint density at radius 2 is 1.00 bits per heavy atom. The largest absolute Gasteiger partial charge is 0 e. The third kappa shape index (κ3) is 8.84. The molecule has 0 N–H and O–H groups in total. The molecule has 0 spiro atoms. The molecule has 0 amide bonds. The average Bonchev–Trinajstić information content (AvgIpc) is 0. The van der Waals surface area contributed by atoms with Gasteiger partial charge < -0.3 is 0 Å². The molecule has 4 heavy (non-hydrogen) atoms. The van der Waals surface area contributed by atoms with Gasteiger partial charge >= 0.3 is 0 Å². The molecule has 0 aromatic carbocycles. The molecule has 0 aliphatic rings. The topological polar surface area (TPSA) is 0 Å². The molecule has 4 heteroatoms. The van der Waals surface area contributed by atoms with Crippen molar-refractivity contribution in [2.45, 2.75) is 0 Å². The average molecular weight is 573 g/mol. The van der Waals surface area contributed by atoms with Gasteiger partial charge in [0.2, 0.25) is 0 Å². The van der Waals surface area contributed by atoms with Crippen LogP contribution in [0.4, 0.5) is 0 Å². The van der Waals surface area contributed by atoms with Gasteiger partial charge in [0, 0.05) is 86.2 Å². The summed E-state index contributed by atoms with van der Waals surface area (Å²) in [6, 6.07) is 0. The third-order valence-corrected chi connectivity index (χ3v) is 0. The first-order valence-electron chi connectivity index (χ1n) is 0. The molecule has 0 nitrogen and oxygen atoms in total. The summed E-state index contributed by atoms with van der Waals surface area (Å²) in [7, 11) is 0. The van der Waals surface area contributed by atoms with Gasteiger partial charge in [0.15, 0.2) is 0 Å². The van der Waals surface area contributed by atoms with Crippen LogP contribution in [0.2, 0.25) is 0 Å². The standard InChI is InChI=1S/Ir.Re.Rh.Zr. The Bertz CT molecular complexity index is 8.00. The van der Waals surface area contributed by atoms with Gasteiger partial charge in [-0.2, -0.15) is 0 Å². The van der Waals surface area contributed by atoms with Gasteiger partial charge in [0.1, 0.15) is 0 Å². The van der Waals surface area contributed by atoms with E-state index in [0.717, 1.165) is 0 Å². The summed E-state index contributed by atoms with van der Waals surface area (Å²) in [5.74, 6) is 0. The van der Waals surface area contributed by atoms with Crippen molar-refractivity contribution in [2.75, 3.05) is 0 Å². The van der Waals surface area contributed by atoms with E-state index in [4.69, 9.17) is 0 Å². The molecular formula is IrReRhZr. The van der Waals surface area contributed by atoms with Crippen LogP contribution in [0.3, 0.4) is 0 Å². The fourth-order valence-electron chi connectivity index (χ4n) is 0. The van der Waals surface area contributed by atoms with Gasteiger partial charge in [-0.25, -0.2) is 0 Å². The van der Waals surface area contributed by atoms with E-state index < -0.39 is 0 Å². The molecule has 0 saturated carbocycles. The van der Waals surface area contributed by atoms with Crippen molar-refractivity contribution in [1.29, 1.82) is 0 Å². The fraction of sp³-hybridized carbons (Fsp3) is 0. The van der Waals surface area contributed by atoms with Crippen molar-refractivity contribution in [3.8, 4) is 0 Å². The Morgan fingerprint density at radius 3 is 1.00 bits per heavy atom. The van der Waals surface area contributed by atoms with E-state index in [9.17, 15) is 0 Å². The van der Waals surface area contributed by atoms with Crippen molar-refractivity contribution in [3.05, 3.63) is 0 Å². The fourth-order valence-corrected chi connectivity index (χ4v) is 0. The summed E-state index contributed by atoms with van der Waals surface area (Å²) < 4.78 is 0. The van der Waals surface area contributed by atoms with Gasteiger partial charge in [-0.05, 0) is 0 Å². The van der Waals surface area contributed by atoms with Crippen molar-refractivity contribution in [1.82, 2.24) is 0 Å². The predicted molar refractivity (Wildman–Crippen MR) is 0 cm³/mol. The van der Waals surface area contributed by atoms with Crippen molar-refractivity contribution in [3.63, 3.8) is 0 Å². The molecule has 0 unspecified atom stereocenters. The van der Waals surface area contributed by atoms with Crippen LogP contribution in [0.1, 0.15) is 0 Å². The second kappa shape index (κ2) is 17.0. The Labute approximate surface area is 84.8 Å². The molecule has 0 atom stereocenters. The first-order valence-corrected chi connectivity index (χ1v) is 0. The van der Waals surface area contributed by atoms with Crippen LogP contribution >= 0.6 is 0 Å². The minimum absolute atomic E-state index is 0. The zero-order valence-corrected chi connectivity index (χ0v) is 10.8. The summed E-state index contributed by atoms with van der Waals surface area (Å²) in [6.45, 7) is 0. The monoisotopic (exact) mass is 573 g/mol. The molecule has 0 bridgehead atoms. The van der Waals surface area contributed by atoms with E-state index in [0.29, 0.717) is 0 Å². The maximum Gasteiger partial charge on any atom is 0 e. The van der Waals surface area contributed by atoms with E-state index in [1.165, 1.54) is 0 Å². The second-order valence-corrected chi connectivity index (χ2v) is 0. The quantitative estimate of drug-likeness (QED) is 0.359. The molecule has 3 radical (unpaired) electrons. The summed E-state index contributed by atoms with van der Waals surface area (Å²) in [5.41, 5.74) is 0. The minimum Gasteiger partial charge on any atom is 0 e. The number of rotatable bonds is 0. The van der Waals surface area contributed by atoms with Gasteiger partial charge in [0.05, 0.1) is 0 Å². The molecular weight excluding hydrogens is 573 g/mol. The van der Waals surface area contributed by atoms with Gasteiger partial charge in [0.25, 0.3) is 0 Å². The van der Waals surface area contributed by atoms with Crippen LogP contribution < -0.4 is 0 Å². The van der Waals surface area contributed by atoms with Crippen LogP contribution in [0.15, 0.2) is 0 Å². The van der Waals surface area contributed by atoms with Gasteiger partial charge in [-0.1, -0.05) is 0 Å². The maximum atomic E-state index is 0. The van der Waals surface area contributed by atoms with Crippen molar-refractivity contribution < 1.29 is 86.2 Å². The Kier molecular flexibility index (Phi) is 124. The molecule has 0 fully saturated rings. The maximum absolute atomic E-state index is 0. The zero-order valence-electron chi connectivity index (χ0n) is 1.54. The number of hydrogen-bond acceptors (Lipinski definition) is 0. The Balaban J connectivity index is 0. The first-order chi connectivity index (χ1) is 0. The predicted octanol–water partition coefficient (Wildman–Crippen LogP) is -0.0100. The molecule has 0 aromatic heterocycles. The molecule has 0 heterocycles. The first kappa shape index (κ1) is 29.1. The summed E-state index contributed by atoms with van der Waals surface area (Å²) >= 11 is 0. The van der Waals surface area contributed by atoms with Crippen molar-refractivity contribution in [2.24, 2.45) is 0 Å². The smallest absolute Gasteiger partial charge is 0 e. The van der Waals surface area contributed by atoms with E-state index >= 15 is 0 Å². The van der Waals surface area contributed by atoms with E-state index in [1.54, 1.807) is 0 Å². The van der Waals surface area contributed by atoms with E-state index in [-0.39, 0.29) is 86.2 Å². The van der Waals surface area contributed by atoms with Crippen molar-refractivity contribution >= 4 is 0 Å². The summed E-state index contributed by atoms with van der Waals surface area (Å²) in [4.78, 5) is 0. The molecule has 0 aliphatic heterocycles. The van der Waals surface area contributed by atoms with E-state index in [1.807, 2.05) is 0 Å². The molecule has 29 valence electrons. The van der Waals surface area contributed by atoms with Crippen LogP contribution in [0.25, 0.3) is 0 Å². The van der Waals surface area contributed by atoms with Crippen LogP contribution in [-0.2, 0) is 86.2 Å². The molecule has 0 aliphatic carbocycles. The van der Waals surface area contributed by atoms with Gasteiger partial charge in [-0.15, -0.1) is 0 Å². The minimum atomic E-state index is 0. The normalized spacial score (nSPS) is 0. The molecule has 0 rings (SSSR count).